The van der Waals surface area contributed by atoms with Gasteiger partial charge in [-0.15, -0.1) is 0 Å². The van der Waals surface area contributed by atoms with Gasteiger partial charge in [-0.05, 0) is 56.5 Å². The highest BCUT2D eigenvalue weighted by Gasteiger charge is 2.30. The lowest BCUT2D eigenvalue weighted by atomic mass is 10.0. The summed E-state index contributed by atoms with van der Waals surface area (Å²) in [7, 11) is -2.16. The van der Waals surface area contributed by atoms with E-state index in [0.717, 1.165) is 27.9 Å². The van der Waals surface area contributed by atoms with Crippen molar-refractivity contribution in [3.8, 4) is 5.75 Å². The quantitative estimate of drug-likeness (QED) is 0.624. The molecule has 176 valence electrons. The average Bonchev–Trinajstić information content (AvgIpc) is 3.04. The van der Waals surface area contributed by atoms with Crippen molar-refractivity contribution in [1.29, 1.82) is 0 Å². The van der Waals surface area contributed by atoms with Crippen LogP contribution in [0.1, 0.15) is 37.6 Å². The first kappa shape index (κ1) is 23.1. The maximum atomic E-state index is 12.7. The molecule has 4 rings (SSSR count). The van der Waals surface area contributed by atoms with Crippen molar-refractivity contribution in [2.75, 3.05) is 13.7 Å². The number of sulfonamides is 1. The van der Waals surface area contributed by atoms with Crippen LogP contribution in [0.4, 0.5) is 4.79 Å². The minimum Gasteiger partial charge on any atom is -0.495 e. The fourth-order valence-corrected chi connectivity index (χ4v) is 4.53. The summed E-state index contributed by atoms with van der Waals surface area (Å²) < 4.78 is 36.2. The van der Waals surface area contributed by atoms with Crippen molar-refractivity contribution in [3.63, 3.8) is 0 Å². The van der Waals surface area contributed by atoms with E-state index in [2.05, 4.69) is 9.55 Å². The third-order valence-electron chi connectivity index (χ3n) is 5.55. The molecule has 3 aromatic rings. The Morgan fingerprint density at radius 3 is 2.52 bits per heavy atom. The number of fused-ring (bicyclic) bond motifs is 3. The normalized spacial score (nSPS) is 14.3. The van der Waals surface area contributed by atoms with E-state index in [1.165, 1.54) is 12.1 Å². The topological polar surface area (TPSA) is 117 Å². The van der Waals surface area contributed by atoms with E-state index in [1.54, 1.807) is 30.3 Å². The van der Waals surface area contributed by atoms with Crippen molar-refractivity contribution in [3.05, 3.63) is 53.3 Å². The van der Waals surface area contributed by atoms with Crippen LogP contribution in [0, 0.1) is 0 Å². The predicted molar refractivity (Wildman–Crippen MR) is 124 cm³/mol. The third-order valence-corrected chi connectivity index (χ3v) is 6.48. The van der Waals surface area contributed by atoms with Crippen molar-refractivity contribution in [2.45, 2.75) is 50.8 Å². The standard InChI is InChI=1S/C23H28N4O5S/c1-23(2,3)32-22(28)26-10-9-18-19-11-16(31-4)12-25-21(19)27(20(18)14-26)13-15-5-7-17(8-6-15)33(24,29)30/h5-8,11-12H,9-10,13-14H2,1-4H3,(H2,24,29,30). The molecule has 0 saturated heterocycles. The number of nitrogens with zero attached hydrogens (tertiary/aromatic N) is 3. The fourth-order valence-electron chi connectivity index (χ4n) is 4.02. The minimum atomic E-state index is -3.76. The Morgan fingerprint density at radius 2 is 1.91 bits per heavy atom. The van der Waals surface area contributed by atoms with E-state index in [1.807, 2.05) is 26.8 Å². The number of hydrogen-bond acceptors (Lipinski definition) is 6. The molecule has 1 aliphatic rings. The maximum absolute atomic E-state index is 12.7. The van der Waals surface area contributed by atoms with E-state index in [4.69, 9.17) is 14.6 Å². The highest BCUT2D eigenvalue weighted by atomic mass is 32.2. The van der Waals surface area contributed by atoms with Crippen LogP contribution in [-0.2, 0) is 34.3 Å². The summed E-state index contributed by atoms with van der Waals surface area (Å²) in [5, 5.41) is 6.20. The second-order valence-corrected chi connectivity index (χ2v) is 10.7. The smallest absolute Gasteiger partial charge is 0.410 e. The monoisotopic (exact) mass is 472 g/mol. The van der Waals surface area contributed by atoms with Gasteiger partial charge in [0.2, 0.25) is 10.0 Å². The molecule has 3 heterocycles. The molecule has 0 atom stereocenters. The van der Waals surface area contributed by atoms with Gasteiger partial charge in [0, 0.05) is 24.2 Å². The molecule has 0 saturated carbocycles. The van der Waals surface area contributed by atoms with E-state index in [9.17, 15) is 13.2 Å². The van der Waals surface area contributed by atoms with Crippen molar-refractivity contribution < 1.29 is 22.7 Å². The van der Waals surface area contributed by atoms with Gasteiger partial charge in [-0.1, -0.05) is 12.1 Å². The predicted octanol–water partition coefficient (Wildman–Crippen LogP) is 3.03. The first-order valence-electron chi connectivity index (χ1n) is 10.6. The van der Waals surface area contributed by atoms with Crippen LogP contribution in [0.5, 0.6) is 5.75 Å². The van der Waals surface area contributed by atoms with Crippen LogP contribution >= 0.6 is 0 Å². The molecule has 1 aromatic carbocycles. The van der Waals surface area contributed by atoms with Gasteiger partial charge in [0.05, 0.1) is 24.7 Å². The van der Waals surface area contributed by atoms with Crippen LogP contribution in [0.25, 0.3) is 11.0 Å². The Kier molecular flexibility index (Phi) is 5.83. The first-order chi connectivity index (χ1) is 15.5. The maximum Gasteiger partial charge on any atom is 0.410 e. The number of hydrogen-bond donors (Lipinski definition) is 1. The molecule has 0 fully saturated rings. The van der Waals surface area contributed by atoms with Gasteiger partial charge in [-0.25, -0.2) is 23.3 Å². The van der Waals surface area contributed by atoms with Gasteiger partial charge in [0.25, 0.3) is 0 Å². The zero-order valence-electron chi connectivity index (χ0n) is 19.2. The van der Waals surface area contributed by atoms with E-state index < -0.39 is 15.6 Å². The Morgan fingerprint density at radius 1 is 1.21 bits per heavy atom. The fraction of sp³-hybridized carbons (Fsp3) is 0.391. The number of pyridine rings is 1. The summed E-state index contributed by atoms with van der Waals surface area (Å²) in [6, 6.07) is 8.41. The lowest BCUT2D eigenvalue weighted by Crippen LogP contribution is -2.40. The number of rotatable bonds is 4. The van der Waals surface area contributed by atoms with Gasteiger partial charge in [-0.2, -0.15) is 0 Å². The zero-order chi connectivity index (χ0) is 24.0. The molecular formula is C23H28N4O5S. The molecule has 0 bridgehead atoms. The molecule has 1 amide bonds. The van der Waals surface area contributed by atoms with Gasteiger partial charge in [-0.3, -0.25) is 0 Å². The molecule has 0 aliphatic carbocycles. The number of methoxy groups -OCH3 is 1. The summed E-state index contributed by atoms with van der Waals surface area (Å²) in [4.78, 5) is 19.1. The Balaban J connectivity index is 1.74. The molecule has 10 heteroatoms. The van der Waals surface area contributed by atoms with Gasteiger partial charge >= 0.3 is 6.09 Å². The second kappa shape index (κ2) is 8.35. The van der Waals surface area contributed by atoms with E-state index in [0.29, 0.717) is 31.8 Å². The Labute approximate surface area is 193 Å². The molecule has 33 heavy (non-hydrogen) atoms. The number of benzene rings is 1. The van der Waals surface area contributed by atoms with Gasteiger partial charge < -0.3 is 18.9 Å². The van der Waals surface area contributed by atoms with Gasteiger partial charge in [0.15, 0.2) is 0 Å². The molecule has 2 N–H and O–H groups in total. The Hall–Kier alpha value is -3.11. The molecule has 9 nitrogen and oxygen atoms in total. The lowest BCUT2D eigenvalue weighted by Gasteiger charge is -2.31. The molecule has 0 unspecified atom stereocenters. The second-order valence-electron chi connectivity index (χ2n) is 9.10. The van der Waals surface area contributed by atoms with E-state index in [-0.39, 0.29) is 11.0 Å². The summed E-state index contributed by atoms with van der Waals surface area (Å²) in [6.45, 7) is 6.92. The molecule has 0 radical (unpaired) electrons. The SMILES string of the molecule is COc1cnc2c(c1)c1c(n2Cc2ccc(S(N)(=O)=O)cc2)CN(C(=O)OC(C)(C)C)CC1. The number of nitrogens with two attached hydrogens (primary N) is 1. The van der Waals surface area contributed by atoms with E-state index >= 15 is 0 Å². The molecule has 1 aliphatic heterocycles. The highest BCUT2D eigenvalue weighted by Crippen LogP contribution is 2.33. The van der Waals surface area contributed by atoms with Crippen LogP contribution < -0.4 is 9.88 Å². The number of carbonyl (C=O) groups excluding carboxylic acids is 1. The van der Waals surface area contributed by atoms with Crippen LogP contribution in [-0.4, -0.2) is 48.2 Å². The van der Waals surface area contributed by atoms with Crippen LogP contribution in [0.3, 0.4) is 0 Å². The number of primary sulfonamides is 1. The number of aromatic nitrogens is 2. The van der Waals surface area contributed by atoms with Crippen molar-refractivity contribution >= 4 is 27.1 Å². The minimum absolute atomic E-state index is 0.0598. The zero-order valence-corrected chi connectivity index (χ0v) is 20.0. The van der Waals surface area contributed by atoms with Crippen molar-refractivity contribution in [2.24, 2.45) is 5.14 Å². The van der Waals surface area contributed by atoms with Crippen LogP contribution in [0.15, 0.2) is 41.4 Å². The van der Waals surface area contributed by atoms with Crippen molar-refractivity contribution in [1.82, 2.24) is 14.5 Å². The summed E-state index contributed by atoms with van der Waals surface area (Å²) in [6.07, 6.45) is 1.98. The summed E-state index contributed by atoms with van der Waals surface area (Å²) in [5.41, 5.74) is 3.18. The highest BCUT2D eigenvalue weighted by molar-refractivity contribution is 7.89. The first-order valence-corrected chi connectivity index (χ1v) is 12.1. The number of carbonyl (C=O) groups is 1. The number of amides is 1. The molecule has 0 spiro atoms. The average molecular weight is 473 g/mol. The lowest BCUT2D eigenvalue weighted by molar-refractivity contribution is 0.0219. The summed E-state index contributed by atoms with van der Waals surface area (Å²) in [5.74, 6) is 0.662. The third kappa shape index (κ3) is 4.81. The summed E-state index contributed by atoms with van der Waals surface area (Å²) >= 11 is 0. The number of ether oxygens (including phenoxy) is 2. The van der Waals surface area contributed by atoms with Crippen LogP contribution in [0.2, 0.25) is 0 Å². The molecular weight excluding hydrogens is 444 g/mol. The Bertz CT molecular complexity index is 1310. The van der Waals surface area contributed by atoms with Gasteiger partial charge in [0.1, 0.15) is 17.0 Å². The molecule has 2 aromatic heterocycles. The largest absolute Gasteiger partial charge is 0.495 e.